The van der Waals surface area contributed by atoms with E-state index in [9.17, 15) is 0 Å². The fourth-order valence-corrected chi connectivity index (χ4v) is 1.33. The Labute approximate surface area is 84.1 Å². The van der Waals surface area contributed by atoms with Crippen LogP contribution in [0.5, 0.6) is 0 Å². The molecule has 0 amide bonds. The smallest absolute Gasteiger partial charge is 0.0606 e. The van der Waals surface area contributed by atoms with Crippen LogP contribution in [0.3, 0.4) is 0 Å². The van der Waals surface area contributed by atoms with Gasteiger partial charge in [-0.15, -0.1) is 0 Å². The van der Waals surface area contributed by atoms with Gasteiger partial charge in [-0.1, -0.05) is 0 Å². The molecule has 0 unspecified atom stereocenters. The van der Waals surface area contributed by atoms with E-state index in [2.05, 4.69) is 0 Å². The van der Waals surface area contributed by atoms with E-state index in [1.807, 2.05) is 29.2 Å². The number of nitrogens with two attached hydrogens (primary N) is 2. The summed E-state index contributed by atoms with van der Waals surface area (Å²) >= 11 is 0. The van der Waals surface area contributed by atoms with Gasteiger partial charge in [-0.05, 0) is 24.3 Å². The van der Waals surface area contributed by atoms with E-state index in [1.165, 1.54) is 0 Å². The minimum absolute atomic E-state index is 0.129. The van der Waals surface area contributed by atoms with Gasteiger partial charge in [0.1, 0.15) is 0 Å². The highest BCUT2D eigenvalue weighted by atomic mass is 16.3. The number of hydrogen-bond donors (Lipinski definition) is 3. The molecular weight excluding hydrogens is 178 g/mol. The van der Waals surface area contributed by atoms with Gasteiger partial charge in [0.25, 0.3) is 0 Å². The molecule has 0 aliphatic heterocycles. The van der Waals surface area contributed by atoms with Crippen molar-refractivity contribution >= 4 is 11.4 Å². The van der Waals surface area contributed by atoms with Crippen molar-refractivity contribution in [1.82, 2.24) is 0 Å². The van der Waals surface area contributed by atoms with E-state index in [0.717, 1.165) is 17.9 Å². The Morgan fingerprint density at radius 3 is 2.29 bits per heavy atom. The molecule has 0 saturated heterocycles. The lowest BCUT2D eigenvalue weighted by Crippen LogP contribution is -2.31. The molecule has 0 heterocycles. The van der Waals surface area contributed by atoms with Gasteiger partial charge in [0.2, 0.25) is 0 Å². The van der Waals surface area contributed by atoms with Crippen molar-refractivity contribution in [1.29, 1.82) is 0 Å². The van der Waals surface area contributed by atoms with E-state index in [4.69, 9.17) is 16.6 Å². The molecule has 1 aromatic rings. The lowest BCUT2D eigenvalue weighted by Gasteiger charge is -2.23. The number of hydrogen-bond acceptors (Lipinski definition) is 4. The van der Waals surface area contributed by atoms with E-state index >= 15 is 0 Å². The second kappa shape index (κ2) is 5.47. The molecule has 78 valence electrons. The first-order valence-electron chi connectivity index (χ1n) is 4.69. The van der Waals surface area contributed by atoms with Gasteiger partial charge in [0.05, 0.1) is 6.61 Å². The molecular formula is C10H17N3O. The van der Waals surface area contributed by atoms with Crippen molar-refractivity contribution in [2.75, 3.05) is 36.9 Å². The number of rotatable bonds is 5. The largest absolute Gasteiger partial charge is 0.399 e. The van der Waals surface area contributed by atoms with Gasteiger partial charge in [0.15, 0.2) is 0 Å². The van der Waals surface area contributed by atoms with Crippen molar-refractivity contribution in [3.05, 3.63) is 24.3 Å². The predicted molar refractivity (Wildman–Crippen MR) is 59.2 cm³/mol. The monoisotopic (exact) mass is 195 g/mol. The molecule has 0 saturated carbocycles. The van der Waals surface area contributed by atoms with E-state index < -0.39 is 0 Å². The Kier molecular flexibility index (Phi) is 4.22. The number of anilines is 2. The van der Waals surface area contributed by atoms with Gasteiger partial charge >= 0.3 is 0 Å². The van der Waals surface area contributed by atoms with E-state index in [-0.39, 0.29) is 6.61 Å². The molecule has 0 aliphatic rings. The Hall–Kier alpha value is -1.26. The zero-order chi connectivity index (χ0) is 10.4. The average molecular weight is 195 g/mol. The quantitative estimate of drug-likeness (QED) is 0.579. The number of aliphatic hydroxyl groups excluding tert-OH is 1. The summed E-state index contributed by atoms with van der Waals surface area (Å²) in [6.07, 6.45) is 0. The molecule has 0 aromatic heterocycles. The summed E-state index contributed by atoms with van der Waals surface area (Å²) in [6.45, 7) is 2.04. The summed E-state index contributed by atoms with van der Waals surface area (Å²) in [5.74, 6) is 0. The Balaban J connectivity index is 2.71. The first-order valence-corrected chi connectivity index (χ1v) is 4.69. The van der Waals surface area contributed by atoms with Crippen LogP contribution < -0.4 is 16.4 Å². The summed E-state index contributed by atoms with van der Waals surface area (Å²) in [6, 6.07) is 7.55. The first-order chi connectivity index (χ1) is 6.77. The molecule has 4 heteroatoms. The van der Waals surface area contributed by atoms with Crippen LogP contribution in [0.15, 0.2) is 24.3 Å². The standard InChI is InChI=1S/C10H17N3O/c11-5-6-13(7-8-14)10-3-1-9(12)2-4-10/h1-4,14H,5-8,11-12H2. The zero-order valence-corrected chi connectivity index (χ0v) is 8.19. The van der Waals surface area contributed by atoms with Crippen molar-refractivity contribution in [2.45, 2.75) is 0 Å². The van der Waals surface area contributed by atoms with Crippen LogP contribution in [-0.2, 0) is 0 Å². The molecule has 4 nitrogen and oxygen atoms in total. The normalized spacial score (nSPS) is 10.1. The van der Waals surface area contributed by atoms with Crippen LogP contribution in [0.25, 0.3) is 0 Å². The lowest BCUT2D eigenvalue weighted by atomic mass is 10.2. The highest BCUT2D eigenvalue weighted by molar-refractivity contribution is 5.53. The second-order valence-electron chi connectivity index (χ2n) is 3.09. The van der Waals surface area contributed by atoms with Gasteiger partial charge in [-0.25, -0.2) is 0 Å². The van der Waals surface area contributed by atoms with Gasteiger partial charge < -0.3 is 21.5 Å². The molecule has 0 bridgehead atoms. The third-order valence-corrected chi connectivity index (χ3v) is 2.03. The molecule has 0 atom stereocenters. The van der Waals surface area contributed by atoms with Gasteiger partial charge in [0, 0.05) is 31.0 Å². The molecule has 5 N–H and O–H groups in total. The molecule has 14 heavy (non-hydrogen) atoms. The third kappa shape index (κ3) is 2.90. The minimum Gasteiger partial charge on any atom is -0.399 e. The van der Waals surface area contributed by atoms with Crippen molar-refractivity contribution in [3.8, 4) is 0 Å². The van der Waals surface area contributed by atoms with Crippen LogP contribution >= 0.6 is 0 Å². The molecule has 1 rings (SSSR count). The molecule has 1 aromatic carbocycles. The fourth-order valence-electron chi connectivity index (χ4n) is 1.33. The van der Waals surface area contributed by atoms with Crippen molar-refractivity contribution < 1.29 is 5.11 Å². The summed E-state index contributed by atoms with van der Waals surface area (Å²) in [7, 11) is 0. The molecule has 0 aliphatic carbocycles. The summed E-state index contributed by atoms with van der Waals surface area (Å²) < 4.78 is 0. The SMILES string of the molecule is NCCN(CCO)c1ccc(N)cc1. The molecule has 0 fully saturated rings. The Morgan fingerprint density at radius 2 is 1.79 bits per heavy atom. The maximum Gasteiger partial charge on any atom is 0.0606 e. The summed E-state index contributed by atoms with van der Waals surface area (Å²) in [5, 5.41) is 8.87. The highest BCUT2D eigenvalue weighted by Gasteiger charge is 2.03. The third-order valence-electron chi connectivity index (χ3n) is 2.03. The first kappa shape index (κ1) is 10.8. The van der Waals surface area contributed by atoms with Gasteiger partial charge in [-0.3, -0.25) is 0 Å². The van der Waals surface area contributed by atoms with E-state index in [0.29, 0.717) is 13.1 Å². The molecule has 0 spiro atoms. The van der Waals surface area contributed by atoms with Gasteiger partial charge in [-0.2, -0.15) is 0 Å². The summed E-state index contributed by atoms with van der Waals surface area (Å²) in [5.41, 5.74) is 12.8. The topological polar surface area (TPSA) is 75.5 Å². The number of benzene rings is 1. The molecule has 0 radical (unpaired) electrons. The van der Waals surface area contributed by atoms with Crippen LogP contribution in [-0.4, -0.2) is 31.3 Å². The maximum absolute atomic E-state index is 8.87. The number of aliphatic hydroxyl groups is 1. The number of nitrogens with zero attached hydrogens (tertiary/aromatic N) is 1. The van der Waals surface area contributed by atoms with Crippen LogP contribution in [0, 0.1) is 0 Å². The average Bonchev–Trinajstić information content (AvgIpc) is 2.19. The minimum atomic E-state index is 0.129. The van der Waals surface area contributed by atoms with Crippen molar-refractivity contribution in [2.24, 2.45) is 5.73 Å². The predicted octanol–water partition coefficient (Wildman–Crippen LogP) is 0.0262. The highest BCUT2D eigenvalue weighted by Crippen LogP contribution is 2.15. The van der Waals surface area contributed by atoms with E-state index in [1.54, 1.807) is 0 Å². The fraction of sp³-hybridized carbons (Fsp3) is 0.400. The Bertz CT molecular complexity index is 255. The number of nitrogen functional groups attached to an aromatic ring is 1. The second-order valence-corrected chi connectivity index (χ2v) is 3.09. The zero-order valence-electron chi connectivity index (χ0n) is 8.19. The van der Waals surface area contributed by atoms with Crippen LogP contribution in [0.4, 0.5) is 11.4 Å². The summed E-state index contributed by atoms with van der Waals surface area (Å²) in [4.78, 5) is 2.03. The van der Waals surface area contributed by atoms with Crippen LogP contribution in [0.1, 0.15) is 0 Å². The van der Waals surface area contributed by atoms with Crippen LogP contribution in [0.2, 0.25) is 0 Å². The Morgan fingerprint density at radius 1 is 1.14 bits per heavy atom. The van der Waals surface area contributed by atoms with Crippen molar-refractivity contribution in [3.63, 3.8) is 0 Å². The maximum atomic E-state index is 8.87. The lowest BCUT2D eigenvalue weighted by molar-refractivity contribution is 0.302.